The predicted molar refractivity (Wildman–Crippen MR) is 83.7 cm³/mol. The molecule has 0 aliphatic carbocycles. The van der Waals surface area contributed by atoms with Crippen LogP contribution in [0.1, 0.15) is 5.56 Å². The fourth-order valence-electron chi connectivity index (χ4n) is 2.31. The van der Waals surface area contributed by atoms with E-state index in [-0.39, 0.29) is 5.75 Å². The van der Waals surface area contributed by atoms with E-state index in [1.54, 1.807) is 19.4 Å². The Labute approximate surface area is 127 Å². The monoisotopic (exact) mass is 312 g/mol. The first kappa shape index (κ1) is 16.4. The predicted octanol–water partition coefficient (Wildman–Crippen LogP) is -0.209. The van der Waals surface area contributed by atoms with Crippen LogP contribution >= 0.6 is 0 Å². The van der Waals surface area contributed by atoms with Crippen LogP contribution in [-0.2, 0) is 16.4 Å². The molecule has 118 valence electrons. The number of hydrogen-bond acceptors (Lipinski definition) is 5. The minimum absolute atomic E-state index is 0.194. The lowest BCUT2D eigenvalue weighted by molar-refractivity contribution is 0.253. The van der Waals surface area contributed by atoms with Crippen LogP contribution in [0.15, 0.2) is 24.5 Å². The summed E-state index contributed by atoms with van der Waals surface area (Å²) in [5, 5.41) is 3.27. The highest BCUT2D eigenvalue weighted by molar-refractivity contribution is 7.89. The molecule has 2 heterocycles. The fourth-order valence-corrected chi connectivity index (χ4v) is 3.48. The van der Waals surface area contributed by atoms with Crippen molar-refractivity contribution >= 4 is 10.0 Å². The second kappa shape index (κ2) is 7.84. The lowest BCUT2D eigenvalue weighted by Crippen LogP contribution is -2.46. The van der Waals surface area contributed by atoms with Crippen LogP contribution in [0.5, 0.6) is 0 Å². The molecule has 1 N–H and O–H groups in total. The zero-order valence-corrected chi connectivity index (χ0v) is 13.3. The van der Waals surface area contributed by atoms with Gasteiger partial charge in [0.25, 0.3) is 0 Å². The Morgan fingerprint density at radius 3 is 2.62 bits per heavy atom. The average molecular weight is 312 g/mol. The number of nitrogens with one attached hydrogen (secondary N) is 1. The first-order valence-corrected chi connectivity index (χ1v) is 8.95. The van der Waals surface area contributed by atoms with Crippen molar-refractivity contribution in [3.8, 4) is 0 Å². The maximum atomic E-state index is 12.3. The van der Waals surface area contributed by atoms with Crippen molar-refractivity contribution in [3.63, 3.8) is 0 Å². The van der Waals surface area contributed by atoms with Crippen LogP contribution in [0.4, 0.5) is 0 Å². The molecule has 1 aliphatic heterocycles. The third kappa shape index (κ3) is 5.35. The van der Waals surface area contributed by atoms with E-state index in [0.29, 0.717) is 19.5 Å². The van der Waals surface area contributed by atoms with Gasteiger partial charge in [-0.3, -0.25) is 9.88 Å². The zero-order valence-electron chi connectivity index (χ0n) is 12.5. The highest BCUT2D eigenvalue weighted by atomic mass is 32.2. The van der Waals surface area contributed by atoms with Gasteiger partial charge in [-0.2, -0.15) is 0 Å². The SMILES string of the molecule is CN(CCc1ccncc1)S(=O)(=O)CCN1CCNCC1. The molecule has 0 bridgehead atoms. The minimum Gasteiger partial charge on any atom is -0.314 e. The van der Waals surface area contributed by atoms with Gasteiger partial charge in [-0.15, -0.1) is 0 Å². The topological polar surface area (TPSA) is 65.5 Å². The summed E-state index contributed by atoms with van der Waals surface area (Å²) in [6.07, 6.45) is 4.17. The average Bonchev–Trinajstić information content (AvgIpc) is 2.52. The Bertz CT molecular complexity index is 515. The molecule has 7 heteroatoms. The number of sulfonamides is 1. The van der Waals surface area contributed by atoms with Gasteiger partial charge in [-0.25, -0.2) is 12.7 Å². The number of aromatic nitrogens is 1. The molecule has 0 aromatic carbocycles. The summed E-state index contributed by atoms with van der Waals surface area (Å²) in [6.45, 7) is 4.86. The highest BCUT2D eigenvalue weighted by Crippen LogP contribution is 2.04. The Morgan fingerprint density at radius 2 is 1.95 bits per heavy atom. The zero-order chi connectivity index (χ0) is 15.1. The third-order valence-electron chi connectivity index (χ3n) is 3.81. The first-order chi connectivity index (χ1) is 10.1. The van der Waals surface area contributed by atoms with Crippen molar-refractivity contribution in [3.05, 3.63) is 30.1 Å². The van der Waals surface area contributed by atoms with Gasteiger partial charge in [0.2, 0.25) is 10.0 Å². The van der Waals surface area contributed by atoms with Crippen LogP contribution in [0, 0.1) is 0 Å². The number of likely N-dealkylation sites (N-methyl/N-ethyl adjacent to an activating group) is 1. The molecule has 0 unspecified atom stereocenters. The maximum Gasteiger partial charge on any atom is 0.215 e. The lowest BCUT2D eigenvalue weighted by Gasteiger charge is -2.27. The van der Waals surface area contributed by atoms with E-state index >= 15 is 0 Å². The largest absolute Gasteiger partial charge is 0.314 e. The van der Waals surface area contributed by atoms with E-state index in [2.05, 4.69) is 15.2 Å². The second-order valence-corrected chi connectivity index (χ2v) is 7.53. The molecule has 1 fully saturated rings. The van der Waals surface area contributed by atoms with Crippen molar-refractivity contribution < 1.29 is 8.42 Å². The normalized spacial score (nSPS) is 17.2. The Balaban J connectivity index is 1.78. The Morgan fingerprint density at radius 1 is 1.29 bits per heavy atom. The van der Waals surface area contributed by atoms with Crippen molar-refractivity contribution in [2.75, 3.05) is 52.1 Å². The van der Waals surface area contributed by atoms with E-state index in [1.165, 1.54) is 4.31 Å². The van der Waals surface area contributed by atoms with Crippen LogP contribution in [-0.4, -0.2) is 74.7 Å². The molecular formula is C14H24N4O2S. The molecule has 1 saturated heterocycles. The van der Waals surface area contributed by atoms with Gasteiger partial charge in [0.05, 0.1) is 5.75 Å². The quantitative estimate of drug-likeness (QED) is 0.755. The maximum absolute atomic E-state index is 12.3. The number of piperazine rings is 1. The van der Waals surface area contributed by atoms with Crippen LogP contribution in [0.3, 0.4) is 0 Å². The Hall–Kier alpha value is -1.02. The summed E-state index contributed by atoms with van der Waals surface area (Å²) >= 11 is 0. The van der Waals surface area contributed by atoms with Gasteiger partial charge < -0.3 is 5.32 Å². The molecule has 0 radical (unpaired) electrons. The third-order valence-corrected chi connectivity index (χ3v) is 5.65. The fraction of sp³-hybridized carbons (Fsp3) is 0.643. The van der Waals surface area contributed by atoms with Crippen molar-refractivity contribution in [2.45, 2.75) is 6.42 Å². The highest BCUT2D eigenvalue weighted by Gasteiger charge is 2.19. The van der Waals surface area contributed by atoms with Gasteiger partial charge in [0.15, 0.2) is 0 Å². The van der Waals surface area contributed by atoms with Gasteiger partial charge >= 0.3 is 0 Å². The molecule has 0 atom stereocenters. The smallest absolute Gasteiger partial charge is 0.215 e. The van der Waals surface area contributed by atoms with E-state index in [1.807, 2.05) is 12.1 Å². The molecule has 1 aromatic rings. The van der Waals surface area contributed by atoms with Crippen molar-refractivity contribution in [2.24, 2.45) is 0 Å². The summed E-state index contributed by atoms with van der Waals surface area (Å²) in [7, 11) is -1.51. The lowest BCUT2D eigenvalue weighted by atomic mass is 10.2. The minimum atomic E-state index is -3.17. The van der Waals surface area contributed by atoms with E-state index < -0.39 is 10.0 Å². The standard InChI is InChI=1S/C14H24N4O2S/c1-17(9-4-14-2-5-15-6-3-14)21(19,20)13-12-18-10-7-16-8-11-18/h2-3,5-6,16H,4,7-13H2,1H3. The molecule has 0 spiro atoms. The Kier molecular flexibility index (Phi) is 6.10. The van der Waals surface area contributed by atoms with E-state index in [0.717, 1.165) is 31.7 Å². The van der Waals surface area contributed by atoms with E-state index in [9.17, 15) is 8.42 Å². The molecule has 1 aromatic heterocycles. The van der Waals surface area contributed by atoms with Crippen molar-refractivity contribution in [1.29, 1.82) is 0 Å². The van der Waals surface area contributed by atoms with Gasteiger partial charge in [0.1, 0.15) is 0 Å². The summed E-state index contributed by atoms with van der Waals surface area (Å²) < 4.78 is 26.0. The molecule has 2 rings (SSSR count). The molecule has 0 amide bonds. The van der Waals surface area contributed by atoms with Crippen LogP contribution < -0.4 is 5.32 Å². The number of rotatable bonds is 7. The number of nitrogens with zero attached hydrogens (tertiary/aromatic N) is 3. The number of hydrogen-bond donors (Lipinski definition) is 1. The first-order valence-electron chi connectivity index (χ1n) is 7.34. The molecule has 21 heavy (non-hydrogen) atoms. The van der Waals surface area contributed by atoms with Gasteiger partial charge in [0, 0.05) is 58.7 Å². The summed E-state index contributed by atoms with van der Waals surface area (Å²) in [6, 6.07) is 3.84. The molecular weight excluding hydrogens is 288 g/mol. The van der Waals surface area contributed by atoms with Gasteiger partial charge in [-0.1, -0.05) is 0 Å². The summed E-state index contributed by atoms with van der Waals surface area (Å²) in [4.78, 5) is 6.16. The van der Waals surface area contributed by atoms with Gasteiger partial charge in [-0.05, 0) is 24.1 Å². The number of pyridine rings is 1. The second-order valence-electron chi connectivity index (χ2n) is 5.33. The summed E-state index contributed by atoms with van der Waals surface area (Å²) in [5.41, 5.74) is 1.11. The molecule has 0 saturated carbocycles. The molecule has 6 nitrogen and oxygen atoms in total. The molecule has 1 aliphatic rings. The van der Waals surface area contributed by atoms with Crippen LogP contribution in [0.2, 0.25) is 0 Å². The summed E-state index contributed by atoms with van der Waals surface area (Å²) in [5.74, 6) is 0.194. The van der Waals surface area contributed by atoms with Crippen LogP contribution in [0.25, 0.3) is 0 Å². The van der Waals surface area contributed by atoms with E-state index in [4.69, 9.17) is 0 Å². The van der Waals surface area contributed by atoms with Crippen molar-refractivity contribution in [1.82, 2.24) is 19.5 Å².